The van der Waals surface area contributed by atoms with Crippen molar-refractivity contribution in [3.8, 4) is 0 Å². The fourth-order valence-electron chi connectivity index (χ4n) is 1.76. The standard InChI is InChI=1S/C9H10BrNO3/c10-7-2-1-6(14-7)8-5(9(12)13)3-4-11-8/h1-2,5,8,11H,3-4H2,(H,12,13). The molecule has 2 N–H and O–H groups in total. The molecule has 0 amide bonds. The molecule has 1 aromatic heterocycles. The summed E-state index contributed by atoms with van der Waals surface area (Å²) >= 11 is 3.19. The minimum Gasteiger partial charge on any atom is -0.481 e. The molecule has 4 nitrogen and oxygen atoms in total. The second-order valence-corrected chi connectivity index (χ2v) is 4.09. The Labute approximate surface area is 89.4 Å². The molecule has 0 radical (unpaired) electrons. The molecule has 2 heterocycles. The Morgan fingerprint density at radius 2 is 2.43 bits per heavy atom. The second kappa shape index (κ2) is 3.74. The first-order valence-corrected chi connectivity index (χ1v) is 5.19. The maximum atomic E-state index is 10.9. The summed E-state index contributed by atoms with van der Waals surface area (Å²) in [6, 6.07) is 3.37. The molecule has 2 rings (SSSR count). The number of carboxylic acids is 1. The third-order valence-electron chi connectivity index (χ3n) is 2.44. The zero-order valence-corrected chi connectivity index (χ0v) is 8.95. The first kappa shape index (κ1) is 9.73. The van der Waals surface area contributed by atoms with E-state index in [1.165, 1.54) is 0 Å². The number of halogens is 1. The van der Waals surface area contributed by atoms with Gasteiger partial charge < -0.3 is 14.8 Å². The summed E-state index contributed by atoms with van der Waals surface area (Å²) in [5.74, 6) is -0.470. The Kier molecular flexibility index (Phi) is 2.60. The Hall–Kier alpha value is -0.810. The summed E-state index contributed by atoms with van der Waals surface area (Å²) in [6.07, 6.45) is 0.651. The molecule has 1 aliphatic rings. The zero-order valence-electron chi connectivity index (χ0n) is 7.37. The number of rotatable bonds is 2. The van der Waals surface area contributed by atoms with Gasteiger partial charge in [-0.25, -0.2) is 0 Å². The van der Waals surface area contributed by atoms with Gasteiger partial charge in [0.2, 0.25) is 0 Å². The van der Waals surface area contributed by atoms with Gasteiger partial charge in [-0.2, -0.15) is 0 Å². The van der Waals surface area contributed by atoms with Crippen LogP contribution in [0.4, 0.5) is 0 Å². The zero-order chi connectivity index (χ0) is 10.1. The van der Waals surface area contributed by atoms with Crippen molar-refractivity contribution in [1.29, 1.82) is 0 Å². The van der Waals surface area contributed by atoms with E-state index in [4.69, 9.17) is 9.52 Å². The summed E-state index contributed by atoms with van der Waals surface area (Å²) in [5, 5.41) is 12.1. The number of carbonyl (C=O) groups is 1. The van der Waals surface area contributed by atoms with Crippen molar-refractivity contribution >= 4 is 21.9 Å². The fraction of sp³-hybridized carbons (Fsp3) is 0.444. The number of nitrogens with one attached hydrogen (secondary N) is 1. The molecular formula is C9H10BrNO3. The van der Waals surface area contributed by atoms with Crippen LogP contribution < -0.4 is 5.32 Å². The van der Waals surface area contributed by atoms with E-state index in [2.05, 4.69) is 21.2 Å². The maximum Gasteiger partial charge on any atom is 0.308 e. The molecular weight excluding hydrogens is 250 g/mol. The molecule has 0 aromatic carbocycles. The average molecular weight is 260 g/mol. The highest BCUT2D eigenvalue weighted by atomic mass is 79.9. The molecule has 14 heavy (non-hydrogen) atoms. The first-order valence-electron chi connectivity index (χ1n) is 4.40. The van der Waals surface area contributed by atoms with Crippen LogP contribution in [0.3, 0.4) is 0 Å². The van der Waals surface area contributed by atoms with Crippen LogP contribution >= 0.6 is 15.9 Å². The van der Waals surface area contributed by atoms with Crippen LogP contribution in [-0.4, -0.2) is 17.6 Å². The van der Waals surface area contributed by atoms with Crippen LogP contribution in [0.5, 0.6) is 0 Å². The molecule has 2 atom stereocenters. The van der Waals surface area contributed by atoms with Crippen molar-refractivity contribution in [3.05, 3.63) is 22.6 Å². The summed E-state index contributed by atoms with van der Waals surface area (Å²) in [4.78, 5) is 10.9. The van der Waals surface area contributed by atoms with E-state index in [0.717, 1.165) is 6.54 Å². The molecule has 1 aliphatic heterocycles. The lowest BCUT2D eigenvalue weighted by Gasteiger charge is -2.12. The van der Waals surface area contributed by atoms with Crippen LogP contribution in [0.15, 0.2) is 21.2 Å². The highest BCUT2D eigenvalue weighted by Gasteiger charge is 2.35. The highest BCUT2D eigenvalue weighted by Crippen LogP contribution is 2.31. The SMILES string of the molecule is O=C(O)C1CCNC1c1ccc(Br)o1. The molecule has 2 unspecified atom stereocenters. The van der Waals surface area contributed by atoms with Gasteiger partial charge in [0, 0.05) is 0 Å². The topological polar surface area (TPSA) is 62.5 Å². The Bertz CT molecular complexity index is 350. The molecule has 0 bridgehead atoms. The fourth-order valence-corrected chi connectivity index (χ4v) is 2.08. The van der Waals surface area contributed by atoms with Crippen molar-refractivity contribution in [2.45, 2.75) is 12.5 Å². The summed E-state index contributed by atoms with van der Waals surface area (Å²) < 4.78 is 5.97. The normalized spacial score (nSPS) is 26.6. The van der Waals surface area contributed by atoms with E-state index in [1.54, 1.807) is 12.1 Å². The van der Waals surface area contributed by atoms with Crippen molar-refractivity contribution in [3.63, 3.8) is 0 Å². The number of carboxylic acid groups (broad SMARTS) is 1. The molecule has 1 fully saturated rings. The van der Waals surface area contributed by atoms with Gasteiger partial charge in [0.05, 0.1) is 12.0 Å². The summed E-state index contributed by atoms with van der Waals surface area (Å²) in [6.45, 7) is 0.722. The van der Waals surface area contributed by atoms with E-state index in [1.807, 2.05) is 0 Å². The smallest absolute Gasteiger partial charge is 0.308 e. The van der Waals surface area contributed by atoms with Crippen molar-refractivity contribution in [1.82, 2.24) is 5.32 Å². The van der Waals surface area contributed by atoms with Crippen LogP contribution in [0.25, 0.3) is 0 Å². The van der Waals surface area contributed by atoms with Gasteiger partial charge in [-0.1, -0.05) is 0 Å². The second-order valence-electron chi connectivity index (χ2n) is 3.31. The van der Waals surface area contributed by atoms with Gasteiger partial charge in [0.25, 0.3) is 0 Å². The Morgan fingerprint density at radius 3 is 3.00 bits per heavy atom. The molecule has 1 saturated heterocycles. The van der Waals surface area contributed by atoms with Gasteiger partial charge in [0.1, 0.15) is 5.76 Å². The van der Waals surface area contributed by atoms with Crippen LogP contribution in [0.1, 0.15) is 18.2 Å². The van der Waals surface area contributed by atoms with E-state index >= 15 is 0 Å². The van der Waals surface area contributed by atoms with E-state index in [-0.39, 0.29) is 12.0 Å². The molecule has 0 saturated carbocycles. The first-order chi connectivity index (χ1) is 6.68. The quantitative estimate of drug-likeness (QED) is 0.850. The number of hydrogen-bond acceptors (Lipinski definition) is 3. The molecule has 1 aromatic rings. The third-order valence-corrected chi connectivity index (χ3v) is 2.87. The van der Waals surface area contributed by atoms with E-state index < -0.39 is 5.97 Å². The lowest BCUT2D eigenvalue weighted by Crippen LogP contribution is -2.22. The van der Waals surface area contributed by atoms with Gasteiger partial charge >= 0.3 is 5.97 Å². The Morgan fingerprint density at radius 1 is 1.64 bits per heavy atom. The minimum atomic E-state index is -0.771. The molecule has 0 spiro atoms. The van der Waals surface area contributed by atoms with Crippen molar-refractivity contribution in [2.75, 3.05) is 6.54 Å². The van der Waals surface area contributed by atoms with Crippen LogP contribution in [0, 0.1) is 5.92 Å². The molecule has 76 valence electrons. The summed E-state index contributed by atoms with van der Waals surface area (Å²) in [7, 11) is 0. The van der Waals surface area contributed by atoms with Crippen LogP contribution in [-0.2, 0) is 4.79 Å². The van der Waals surface area contributed by atoms with Crippen molar-refractivity contribution < 1.29 is 14.3 Å². The summed E-state index contributed by atoms with van der Waals surface area (Å²) in [5.41, 5.74) is 0. The third kappa shape index (κ3) is 1.69. The average Bonchev–Trinajstić information content (AvgIpc) is 2.70. The number of furan rings is 1. The predicted molar refractivity (Wildman–Crippen MR) is 52.9 cm³/mol. The predicted octanol–water partition coefficient (Wildman–Crippen LogP) is 1.78. The van der Waals surface area contributed by atoms with Gasteiger partial charge in [-0.3, -0.25) is 4.79 Å². The lowest BCUT2D eigenvalue weighted by atomic mass is 9.99. The number of hydrogen-bond donors (Lipinski definition) is 2. The van der Waals surface area contributed by atoms with E-state index in [9.17, 15) is 4.79 Å². The van der Waals surface area contributed by atoms with Gasteiger partial charge in [0.15, 0.2) is 4.67 Å². The highest BCUT2D eigenvalue weighted by molar-refractivity contribution is 9.10. The largest absolute Gasteiger partial charge is 0.481 e. The van der Waals surface area contributed by atoms with Crippen molar-refractivity contribution in [2.24, 2.45) is 5.92 Å². The van der Waals surface area contributed by atoms with Gasteiger partial charge in [-0.15, -0.1) is 0 Å². The monoisotopic (exact) mass is 259 g/mol. The molecule has 0 aliphatic carbocycles. The van der Waals surface area contributed by atoms with E-state index in [0.29, 0.717) is 16.9 Å². The number of aliphatic carboxylic acids is 1. The lowest BCUT2D eigenvalue weighted by molar-refractivity contribution is -0.142. The molecule has 5 heteroatoms. The Balaban J connectivity index is 2.21. The van der Waals surface area contributed by atoms with Gasteiger partial charge in [-0.05, 0) is 41.0 Å². The van der Waals surface area contributed by atoms with Crippen LogP contribution in [0.2, 0.25) is 0 Å². The maximum absolute atomic E-state index is 10.9. The minimum absolute atomic E-state index is 0.196.